The van der Waals surface area contributed by atoms with Crippen LogP contribution in [0.2, 0.25) is 0 Å². The maximum Gasteiger partial charge on any atom is 0.416 e. The van der Waals surface area contributed by atoms with Crippen molar-refractivity contribution in [3.8, 4) is 0 Å². The molecule has 1 N–H and O–H groups in total. The quantitative estimate of drug-likeness (QED) is 0.811. The number of carboxylic acids is 1. The van der Waals surface area contributed by atoms with Crippen LogP contribution in [0, 0.1) is 5.92 Å². The second-order valence-electron chi connectivity index (χ2n) is 7.14. The van der Waals surface area contributed by atoms with Crippen LogP contribution in [0.3, 0.4) is 0 Å². The van der Waals surface area contributed by atoms with Crippen LogP contribution >= 0.6 is 0 Å². The lowest BCUT2D eigenvalue weighted by Gasteiger charge is -2.37. The summed E-state index contributed by atoms with van der Waals surface area (Å²) in [4.78, 5) is 17.9. The molecule has 2 atom stereocenters. The number of aromatic nitrogens is 1. The number of hydrogen-bond donors (Lipinski definition) is 1. The first-order chi connectivity index (χ1) is 13.3. The molecule has 0 aliphatic carbocycles. The third kappa shape index (κ3) is 4.52. The molecule has 1 fully saturated rings. The average Bonchev–Trinajstić information content (AvgIpc) is 2.68. The number of aliphatic carboxylic acids is 1. The first-order valence-corrected chi connectivity index (χ1v) is 9.38. The summed E-state index contributed by atoms with van der Waals surface area (Å²) in [5.74, 6) is -1.40. The van der Waals surface area contributed by atoms with Gasteiger partial charge in [0.2, 0.25) is 0 Å². The molecule has 2 unspecified atom stereocenters. The molecule has 0 saturated carbocycles. The van der Waals surface area contributed by atoms with E-state index in [1.165, 1.54) is 6.07 Å². The van der Waals surface area contributed by atoms with Crippen molar-refractivity contribution in [1.82, 2.24) is 9.88 Å². The summed E-state index contributed by atoms with van der Waals surface area (Å²) < 4.78 is 39.7. The van der Waals surface area contributed by atoms with Crippen molar-refractivity contribution >= 4 is 5.97 Å². The van der Waals surface area contributed by atoms with E-state index < -0.39 is 29.7 Å². The van der Waals surface area contributed by atoms with E-state index in [2.05, 4.69) is 4.98 Å². The topological polar surface area (TPSA) is 53.4 Å². The highest BCUT2D eigenvalue weighted by Crippen LogP contribution is 2.35. The molecule has 28 heavy (non-hydrogen) atoms. The Bertz CT molecular complexity index is 821. The molecule has 2 aromatic rings. The SMILES string of the molecule is CCc1ccc(C(c2cccc(C(F)(F)F)c2)N2CCCC(C(=O)O)C2)nc1. The minimum absolute atomic E-state index is 0.285. The van der Waals surface area contributed by atoms with Gasteiger partial charge in [0.25, 0.3) is 0 Å². The van der Waals surface area contributed by atoms with Crippen molar-refractivity contribution in [2.24, 2.45) is 5.92 Å². The zero-order valence-corrected chi connectivity index (χ0v) is 15.6. The predicted octanol–water partition coefficient (Wildman–Crippen LogP) is 4.55. The van der Waals surface area contributed by atoms with Crippen LogP contribution in [0.25, 0.3) is 0 Å². The van der Waals surface area contributed by atoms with Crippen LogP contribution < -0.4 is 0 Å². The van der Waals surface area contributed by atoms with E-state index in [4.69, 9.17) is 0 Å². The molecule has 1 saturated heterocycles. The van der Waals surface area contributed by atoms with E-state index in [1.54, 1.807) is 12.3 Å². The molecule has 2 heterocycles. The predicted molar refractivity (Wildman–Crippen MR) is 98.8 cm³/mol. The van der Waals surface area contributed by atoms with Gasteiger partial charge >= 0.3 is 12.1 Å². The molecule has 0 bridgehead atoms. The largest absolute Gasteiger partial charge is 0.481 e. The second-order valence-corrected chi connectivity index (χ2v) is 7.14. The molecule has 150 valence electrons. The molecule has 1 aliphatic heterocycles. The monoisotopic (exact) mass is 392 g/mol. The summed E-state index contributed by atoms with van der Waals surface area (Å²) in [6, 6.07) is 8.46. The van der Waals surface area contributed by atoms with Crippen molar-refractivity contribution in [1.29, 1.82) is 0 Å². The zero-order valence-electron chi connectivity index (χ0n) is 15.6. The maximum absolute atomic E-state index is 13.2. The molecule has 3 rings (SSSR count). The molecule has 1 aromatic carbocycles. The number of hydrogen-bond acceptors (Lipinski definition) is 3. The Hall–Kier alpha value is -2.41. The summed E-state index contributed by atoms with van der Waals surface area (Å²) in [7, 11) is 0. The van der Waals surface area contributed by atoms with Gasteiger partial charge in [-0.25, -0.2) is 0 Å². The number of likely N-dealkylation sites (tertiary alicyclic amines) is 1. The average molecular weight is 392 g/mol. The van der Waals surface area contributed by atoms with Gasteiger partial charge in [0.15, 0.2) is 0 Å². The summed E-state index contributed by atoms with van der Waals surface area (Å²) in [5, 5.41) is 9.41. The van der Waals surface area contributed by atoms with Crippen molar-refractivity contribution in [2.75, 3.05) is 13.1 Å². The standard InChI is InChI=1S/C21H23F3N2O2/c1-2-14-8-9-18(25-12-14)19(26-10-4-6-16(13-26)20(27)28)15-5-3-7-17(11-15)21(22,23)24/h3,5,7-9,11-12,16,19H,2,4,6,10,13H2,1H3,(H,27,28). The lowest BCUT2D eigenvalue weighted by molar-refractivity contribution is -0.143. The Morgan fingerprint density at radius 2 is 2.11 bits per heavy atom. The molecule has 0 spiro atoms. The van der Waals surface area contributed by atoms with Crippen molar-refractivity contribution in [3.05, 3.63) is 65.0 Å². The van der Waals surface area contributed by atoms with Crippen molar-refractivity contribution in [3.63, 3.8) is 0 Å². The first-order valence-electron chi connectivity index (χ1n) is 9.38. The minimum Gasteiger partial charge on any atom is -0.481 e. The van der Waals surface area contributed by atoms with Gasteiger partial charge in [-0.2, -0.15) is 13.2 Å². The number of pyridine rings is 1. The smallest absolute Gasteiger partial charge is 0.416 e. The number of benzene rings is 1. The second kappa shape index (κ2) is 8.31. The van der Waals surface area contributed by atoms with Crippen LogP contribution in [-0.4, -0.2) is 34.0 Å². The minimum atomic E-state index is -4.44. The lowest BCUT2D eigenvalue weighted by Crippen LogP contribution is -2.41. The fourth-order valence-corrected chi connectivity index (χ4v) is 3.70. The lowest BCUT2D eigenvalue weighted by atomic mass is 9.92. The molecule has 0 amide bonds. The third-order valence-electron chi connectivity index (χ3n) is 5.23. The van der Waals surface area contributed by atoms with E-state index in [9.17, 15) is 23.1 Å². The van der Waals surface area contributed by atoms with E-state index in [1.807, 2.05) is 24.0 Å². The van der Waals surface area contributed by atoms with Crippen LogP contribution in [0.4, 0.5) is 13.2 Å². The number of carbonyl (C=O) groups is 1. The van der Waals surface area contributed by atoms with Crippen LogP contribution in [0.5, 0.6) is 0 Å². The molecule has 1 aliphatic rings. The molecule has 1 aromatic heterocycles. The van der Waals surface area contributed by atoms with Gasteiger partial charge < -0.3 is 5.11 Å². The highest BCUT2D eigenvalue weighted by molar-refractivity contribution is 5.70. The van der Waals surface area contributed by atoms with E-state index in [0.29, 0.717) is 30.6 Å². The number of aryl methyl sites for hydroxylation is 1. The summed E-state index contributed by atoms with van der Waals surface area (Å²) in [6.07, 6.45) is -0.644. The van der Waals surface area contributed by atoms with Gasteiger partial charge in [-0.15, -0.1) is 0 Å². The van der Waals surface area contributed by atoms with Gasteiger partial charge in [-0.05, 0) is 55.1 Å². The molecular weight excluding hydrogens is 369 g/mol. The normalized spacial score (nSPS) is 19.4. The number of alkyl halides is 3. The summed E-state index contributed by atoms with van der Waals surface area (Å²) >= 11 is 0. The zero-order chi connectivity index (χ0) is 20.3. The first kappa shape index (κ1) is 20.3. The van der Waals surface area contributed by atoms with Gasteiger partial charge in [-0.3, -0.25) is 14.7 Å². The Morgan fingerprint density at radius 3 is 2.71 bits per heavy atom. The molecular formula is C21H23F3N2O2. The molecule has 4 nitrogen and oxygen atoms in total. The maximum atomic E-state index is 13.2. The third-order valence-corrected chi connectivity index (χ3v) is 5.23. The van der Waals surface area contributed by atoms with Gasteiger partial charge in [0.1, 0.15) is 0 Å². The van der Waals surface area contributed by atoms with Crippen LogP contribution in [0.1, 0.15) is 48.2 Å². The van der Waals surface area contributed by atoms with Gasteiger partial charge in [-0.1, -0.05) is 25.1 Å². The Kier molecular flexibility index (Phi) is 6.03. The summed E-state index contributed by atoms with van der Waals surface area (Å²) in [6.45, 7) is 2.90. The highest BCUT2D eigenvalue weighted by Gasteiger charge is 2.34. The van der Waals surface area contributed by atoms with Crippen molar-refractivity contribution in [2.45, 2.75) is 38.4 Å². The molecule has 7 heteroatoms. The molecule has 0 radical (unpaired) electrons. The van der Waals surface area contributed by atoms with Gasteiger partial charge in [0.05, 0.1) is 23.2 Å². The number of rotatable bonds is 5. The number of carboxylic acid groups (broad SMARTS) is 1. The Labute approximate surface area is 162 Å². The van der Waals surface area contributed by atoms with E-state index in [0.717, 1.165) is 24.1 Å². The van der Waals surface area contributed by atoms with E-state index in [-0.39, 0.29) is 6.54 Å². The van der Waals surface area contributed by atoms with Crippen LogP contribution in [0.15, 0.2) is 42.6 Å². The van der Waals surface area contributed by atoms with E-state index >= 15 is 0 Å². The highest BCUT2D eigenvalue weighted by atomic mass is 19.4. The Morgan fingerprint density at radius 1 is 1.32 bits per heavy atom. The summed E-state index contributed by atoms with van der Waals surface area (Å²) in [5.41, 5.74) is 1.42. The fourth-order valence-electron chi connectivity index (χ4n) is 3.70. The number of halogens is 3. The number of nitrogens with zero attached hydrogens (tertiary/aromatic N) is 2. The van der Waals surface area contributed by atoms with Crippen LogP contribution in [-0.2, 0) is 17.4 Å². The fraction of sp³-hybridized carbons (Fsp3) is 0.429. The van der Waals surface area contributed by atoms with Gasteiger partial charge in [0, 0.05) is 12.7 Å². The Balaban J connectivity index is 2.02. The van der Waals surface area contributed by atoms with Crippen molar-refractivity contribution < 1.29 is 23.1 Å². The number of piperidine rings is 1.